The van der Waals surface area contributed by atoms with Crippen molar-refractivity contribution in [1.82, 2.24) is 4.98 Å². The molecule has 1 heterocycles. The molecule has 0 saturated carbocycles. The Morgan fingerprint density at radius 2 is 2.05 bits per heavy atom. The maximum atomic E-state index is 11.5. The Balaban J connectivity index is 0.000000956. The third-order valence-corrected chi connectivity index (χ3v) is 3.25. The van der Waals surface area contributed by atoms with E-state index in [1.807, 2.05) is 33.0 Å². The third-order valence-electron chi connectivity index (χ3n) is 3.25. The minimum atomic E-state index is -0.132. The first kappa shape index (κ1) is 16.3. The van der Waals surface area contributed by atoms with Crippen molar-refractivity contribution in [1.29, 1.82) is 0 Å². The maximum Gasteiger partial charge on any atom is 0.306 e. The van der Waals surface area contributed by atoms with E-state index in [0.717, 1.165) is 5.52 Å². The maximum absolute atomic E-state index is 11.5. The molecule has 110 valence electrons. The van der Waals surface area contributed by atoms with Crippen molar-refractivity contribution in [3.8, 4) is 0 Å². The number of ether oxygens (including phenoxy) is 1. The lowest BCUT2D eigenvalue weighted by atomic mass is 9.95. The number of rotatable bonds is 4. The molecule has 0 bridgehead atoms. The van der Waals surface area contributed by atoms with Gasteiger partial charge in [0.15, 0.2) is 0 Å². The summed E-state index contributed by atoms with van der Waals surface area (Å²) in [7, 11) is 0. The van der Waals surface area contributed by atoms with Crippen LogP contribution < -0.4 is 0 Å². The van der Waals surface area contributed by atoms with Crippen molar-refractivity contribution in [2.24, 2.45) is 0 Å². The Labute approximate surface area is 121 Å². The van der Waals surface area contributed by atoms with Crippen molar-refractivity contribution < 1.29 is 9.53 Å². The van der Waals surface area contributed by atoms with E-state index in [9.17, 15) is 4.79 Å². The number of carbonyl (C=O) groups excluding carboxylic acids is 1. The van der Waals surface area contributed by atoms with Crippen LogP contribution in [0.15, 0.2) is 24.4 Å². The number of carbonyl (C=O) groups is 1. The van der Waals surface area contributed by atoms with Gasteiger partial charge in [-0.1, -0.05) is 32.9 Å². The van der Waals surface area contributed by atoms with Gasteiger partial charge in [0.1, 0.15) is 0 Å². The van der Waals surface area contributed by atoms with Gasteiger partial charge in [0.25, 0.3) is 0 Å². The quantitative estimate of drug-likeness (QED) is 0.831. The largest absolute Gasteiger partial charge is 0.466 e. The normalized spacial score (nSPS) is 11.7. The van der Waals surface area contributed by atoms with Crippen molar-refractivity contribution in [2.45, 2.75) is 47.0 Å². The molecule has 0 fully saturated rings. The average Bonchev–Trinajstić information content (AvgIpc) is 2.86. The zero-order valence-electron chi connectivity index (χ0n) is 13.1. The molecule has 2 rings (SSSR count). The summed E-state index contributed by atoms with van der Waals surface area (Å²) in [6.07, 6.45) is 2.43. The highest BCUT2D eigenvalue weighted by Gasteiger charge is 2.16. The Hall–Kier alpha value is -1.77. The molecule has 0 aliphatic rings. The van der Waals surface area contributed by atoms with Gasteiger partial charge in [0.2, 0.25) is 0 Å². The summed E-state index contributed by atoms with van der Waals surface area (Å²) in [6.45, 7) is 10.4. The van der Waals surface area contributed by atoms with Crippen LogP contribution in [0.2, 0.25) is 0 Å². The van der Waals surface area contributed by atoms with Gasteiger partial charge in [-0.05, 0) is 37.0 Å². The van der Waals surface area contributed by atoms with Crippen LogP contribution in [0.25, 0.3) is 10.9 Å². The Morgan fingerprint density at radius 1 is 1.35 bits per heavy atom. The molecular formula is C17H25NO2. The number of hydrogen-bond donors (Lipinski definition) is 1. The average molecular weight is 275 g/mol. The molecule has 20 heavy (non-hydrogen) atoms. The van der Waals surface area contributed by atoms with E-state index in [0.29, 0.717) is 13.0 Å². The molecule has 3 heteroatoms. The van der Waals surface area contributed by atoms with Crippen LogP contribution in [0, 0.1) is 6.92 Å². The van der Waals surface area contributed by atoms with E-state index < -0.39 is 0 Å². The number of H-pyrrole nitrogens is 1. The minimum Gasteiger partial charge on any atom is -0.466 e. The number of fused-ring (bicyclic) bond motifs is 1. The van der Waals surface area contributed by atoms with E-state index in [1.54, 1.807) is 0 Å². The molecule has 0 amide bonds. The lowest BCUT2D eigenvalue weighted by Gasteiger charge is -2.10. The van der Waals surface area contributed by atoms with Crippen molar-refractivity contribution >= 4 is 16.9 Å². The van der Waals surface area contributed by atoms with Gasteiger partial charge in [0.05, 0.1) is 13.0 Å². The number of hydrogen-bond acceptors (Lipinski definition) is 2. The molecule has 0 aliphatic carbocycles. The van der Waals surface area contributed by atoms with Crippen LogP contribution in [0.1, 0.15) is 51.2 Å². The fourth-order valence-corrected chi connectivity index (χ4v) is 2.37. The molecule has 0 saturated heterocycles. The zero-order chi connectivity index (χ0) is 15.1. The molecule has 3 nitrogen and oxygen atoms in total. The second-order valence-corrected chi connectivity index (χ2v) is 4.65. The molecular weight excluding hydrogens is 250 g/mol. The SMILES string of the molecule is CC.CCOC(=O)CC(C)c1c[nH]c2cccc(C)c12. The fourth-order valence-electron chi connectivity index (χ4n) is 2.37. The molecule has 1 unspecified atom stereocenters. The summed E-state index contributed by atoms with van der Waals surface area (Å²) < 4.78 is 5.00. The van der Waals surface area contributed by atoms with E-state index in [4.69, 9.17) is 4.74 Å². The Kier molecular flexibility index (Phi) is 6.29. The molecule has 2 aromatic rings. The second-order valence-electron chi connectivity index (χ2n) is 4.65. The number of aryl methyl sites for hydroxylation is 1. The van der Waals surface area contributed by atoms with Crippen molar-refractivity contribution in [3.63, 3.8) is 0 Å². The standard InChI is InChI=1S/C15H19NO2.C2H6/c1-4-18-14(17)8-11(3)12-9-16-13-7-5-6-10(2)15(12)13;1-2/h5-7,9,11,16H,4,8H2,1-3H3;1-2H3. The van der Waals surface area contributed by atoms with Gasteiger partial charge in [-0.15, -0.1) is 0 Å². The summed E-state index contributed by atoms with van der Waals surface area (Å²) in [5.74, 6) is 0.0341. The number of nitrogens with one attached hydrogen (secondary N) is 1. The monoisotopic (exact) mass is 275 g/mol. The molecule has 1 aromatic heterocycles. The number of benzene rings is 1. The lowest BCUT2D eigenvalue weighted by molar-refractivity contribution is -0.143. The van der Waals surface area contributed by atoms with Crippen LogP contribution in [0.5, 0.6) is 0 Å². The van der Waals surface area contributed by atoms with E-state index >= 15 is 0 Å². The second kappa shape index (κ2) is 7.73. The molecule has 1 N–H and O–H groups in total. The molecule has 0 spiro atoms. The van der Waals surface area contributed by atoms with Gasteiger partial charge in [0, 0.05) is 17.1 Å². The van der Waals surface area contributed by atoms with Crippen LogP contribution >= 0.6 is 0 Å². The van der Waals surface area contributed by atoms with Crippen LogP contribution in [0.3, 0.4) is 0 Å². The number of aromatic amines is 1. The zero-order valence-corrected chi connectivity index (χ0v) is 13.1. The first-order valence-electron chi connectivity index (χ1n) is 7.35. The van der Waals surface area contributed by atoms with E-state index in [-0.39, 0.29) is 11.9 Å². The van der Waals surface area contributed by atoms with Crippen molar-refractivity contribution in [3.05, 3.63) is 35.5 Å². The van der Waals surface area contributed by atoms with Gasteiger partial charge in [-0.2, -0.15) is 0 Å². The predicted octanol–water partition coefficient (Wildman–Crippen LogP) is 4.56. The summed E-state index contributed by atoms with van der Waals surface area (Å²) >= 11 is 0. The first-order valence-corrected chi connectivity index (χ1v) is 7.35. The smallest absolute Gasteiger partial charge is 0.306 e. The summed E-state index contributed by atoms with van der Waals surface area (Å²) in [5, 5.41) is 1.23. The molecule has 1 aromatic carbocycles. The van der Waals surface area contributed by atoms with Gasteiger partial charge in [-0.25, -0.2) is 0 Å². The predicted molar refractivity (Wildman–Crippen MR) is 84.0 cm³/mol. The Bertz CT molecular complexity index is 557. The molecule has 0 radical (unpaired) electrons. The van der Waals surface area contributed by atoms with Crippen LogP contribution in [0.4, 0.5) is 0 Å². The van der Waals surface area contributed by atoms with Crippen molar-refractivity contribution in [2.75, 3.05) is 6.61 Å². The highest BCUT2D eigenvalue weighted by Crippen LogP contribution is 2.30. The topological polar surface area (TPSA) is 42.1 Å². The third kappa shape index (κ3) is 3.62. The summed E-state index contributed by atoms with van der Waals surface area (Å²) in [5.41, 5.74) is 3.55. The van der Waals surface area contributed by atoms with Crippen LogP contribution in [-0.4, -0.2) is 17.6 Å². The van der Waals surface area contributed by atoms with Gasteiger partial charge < -0.3 is 9.72 Å². The molecule has 0 aliphatic heterocycles. The summed E-state index contributed by atoms with van der Waals surface area (Å²) in [6, 6.07) is 6.19. The fraction of sp³-hybridized carbons (Fsp3) is 0.471. The molecule has 1 atom stereocenters. The minimum absolute atomic E-state index is 0.132. The van der Waals surface area contributed by atoms with Gasteiger partial charge >= 0.3 is 5.97 Å². The lowest BCUT2D eigenvalue weighted by Crippen LogP contribution is -2.08. The summed E-state index contributed by atoms with van der Waals surface area (Å²) in [4.78, 5) is 14.8. The Morgan fingerprint density at radius 3 is 2.70 bits per heavy atom. The number of aromatic nitrogens is 1. The highest BCUT2D eigenvalue weighted by molar-refractivity contribution is 5.87. The number of esters is 1. The van der Waals surface area contributed by atoms with Crippen LogP contribution in [-0.2, 0) is 9.53 Å². The van der Waals surface area contributed by atoms with Gasteiger partial charge in [-0.3, -0.25) is 4.79 Å². The van der Waals surface area contributed by atoms with E-state index in [2.05, 4.69) is 31.0 Å². The highest BCUT2D eigenvalue weighted by atomic mass is 16.5. The van der Waals surface area contributed by atoms with E-state index in [1.165, 1.54) is 16.5 Å². The first-order chi connectivity index (χ1) is 9.63.